The van der Waals surface area contributed by atoms with Crippen LogP contribution in [-0.4, -0.2) is 4.92 Å². The van der Waals surface area contributed by atoms with Crippen molar-refractivity contribution in [1.29, 1.82) is 5.26 Å². The van der Waals surface area contributed by atoms with E-state index in [1.165, 1.54) is 6.07 Å². The van der Waals surface area contributed by atoms with E-state index >= 15 is 0 Å². The Morgan fingerprint density at radius 1 is 1.67 bits per heavy atom. The SMILES string of the molecule is N#CC[C@H](N)c1ccc(Br)c([N+](=O)[O-])c1. The summed E-state index contributed by atoms with van der Waals surface area (Å²) in [6, 6.07) is 6.05. The van der Waals surface area contributed by atoms with E-state index < -0.39 is 11.0 Å². The van der Waals surface area contributed by atoms with E-state index in [1.807, 2.05) is 6.07 Å². The van der Waals surface area contributed by atoms with Crippen molar-refractivity contribution >= 4 is 21.6 Å². The zero-order valence-electron chi connectivity index (χ0n) is 7.68. The molecule has 6 heteroatoms. The van der Waals surface area contributed by atoms with Crippen LogP contribution in [-0.2, 0) is 0 Å². The van der Waals surface area contributed by atoms with Crippen molar-refractivity contribution in [3.8, 4) is 6.07 Å². The topological polar surface area (TPSA) is 93.0 Å². The lowest BCUT2D eigenvalue weighted by Gasteiger charge is -2.07. The first-order valence-corrected chi connectivity index (χ1v) is 4.92. The molecule has 2 N–H and O–H groups in total. The van der Waals surface area contributed by atoms with Gasteiger partial charge in [-0.05, 0) is 27.6 Å². The number of nitro benzene ring substituents is 1. The van der Waals surface area contributed by atoms with Gasteiger partial charge in [0, 0.05) is 12.1 Å². The molecule has 1 atom stereocenters. The van der Waals surface area contributed by atoms with Crippen LogP contribution >= 0.6 is 15.9 Å². The molecular weight excluding hydrogens is 262 g/mol. The molecule has 0 aliphatic carbocycles. The van der Waals surface area contributed by atoms with Crippen LogP contribution in [0.5, 0.6) is 0 Å². The van der Waals surface area contributed by atoms with Crippen LogP contribution in [0, 0.1) is 21.4 Å². The van der Waals surface area contributed by atoms with Crippen molar-refractivity contribution in [1.82, 2.24) is 0 Å². The van der Waals surface area contributed by atoms with Gasteiger partial charge in [0.25, 0.3) is 5.69 Å². The second kappa shape index (κ2) is 4.87. The third kappa shape index (κ3) is 2.75. The fourth-order valence-electron chi connectivity index (χ4n) is 1.12. The van der Waals surface area contributed by atoms with Crippen molar-refractivity contribution < 1.29 is 4.92 Å². The second-order valence-electron chi connectivity index (χ2n) is 2.94. The lowest BCUT2D eigenvalue weighted by atomic mass is 10.1. The summed E-state index contributed by atoms with van der Waals surface area (Å²) in [5.74, 6) is 0. The molecule has 15 heavy (non-hydrogen) atoms. The standard InChI is InChI=1S/C9H8BrN3O2/c10-7-2-1-6(8(12)3-4-11)5-9(7)13(14)15/h1-2,5,8H,3,12H2/t8-/m0/s1. The van der Waals surface area contributed by atoms with E-state index in [0.717, 1.165) is 0 Å². The normalized spacial score (nSPS) is 11.8. The van der Waals surface area contributed by atoms with Crippen LogP contribution in [0.2, 0.25) is 0 Å². The number of hydrogen-bond donors (Lipinski definition) is 1. The van der Waals surface area contributed by atoms with Gasteiger partial charge in [0.05, 0.1) is 21.9 Å². The van der Waals surface area contributed by atoms with Gasteiger partial charge in [0.15, 0.2) is 0 Å². The minimum atomic E-state index is -0.493. The summed E-state index contributed by atoms with van der Waals surface area (Å²) >= 11 is 3.07. The molecule has 0 saturated carbocycles. The summed E-state index contributed by atoms with van der Waals surface area (Å²) in [4.78, 5) is 10.1. The average Bonchev–Trinajstić information content (AvgIpc) is 2.18. The Kier molecular flexibility index (Phi) is 3.77. The first-order chi connectivity index (χ1) is 7.06. The van der Waals surface area contributed by atoms with Gasteiger partial charge >= 0.3 is 0 Å². The maximum absolute atomic E-state index is 10.6. The summed E-state index contributed by atoms with van der Waals surface area (Å²) in [5, 5.41) is 19.1. The third-order valence-electron chi connectivity index (χ3n) is 1.91. The van der Waals surface area contributed by atoms with Gasteiger partial charge in [0.1, 0.15) is 0 Å². The van der Waals surface area contributed by atoms with Crippen molar-refractivity contribution in [2.45, 2.75) is 12.5 Å². The molecule has 0 fully saturated rings. The summed E-state index contributed by atoms with van der Waals surface area (Å²) in [6.45, 7) is 0. The third-order valence-corrected chi connectivity index (χ3v) is 2.58. The van der Waals surface area contributed by atoms with Gasteiger partial charge < -0.3 is 5.73 Å². The van der Waals surface area contributed by atoms with Crippen molar-refractivity contribution in [3.63, 3.8) is 0 Å². The molecule has 78 valence electrons. The fourth-order valence-corrected chi connectivity index (χ4v) is 1.51. The Hall–Kier alpha value is -1.45. The number of benzene rings is 1. The zero-order chi connectivity index (χ0) is 11.4. The van der Waals surface area contributed by atoms with Crippen LogP contribution in [0.4, 0.5) is 5.69 Å². The van der Waals surface area contributed by atoms with Gasteiger partial charge in [-0.1, -0.05) is 6.07 Å². The smallest absolute Gasteiger partial charge is 0.283 e. The Morgan fingerprint density at radius 3 is 2.87 bits per heavy atom. The summed E-state index contributed by atoms with van der Waals surface area (Å²) in [6.07, 6.45) is 0.138. The summed E-state index contributed by atoms with van der Waals surface area (Å²) < 4.78 is 0.403. The van der Waals surface area contributed by atoms with Gasteiger partial charge in [-0.15, -0.1) is 0 Å². The first kappa shape index (κ1) is 11.6. The predicted molar refractivity (Wildman–Crippen MR) is 58.0 cm³/mol. The molecule has 0 spiro atoms. The van der Waals surface area contributed by atoms with E-state index in [-0.39, 0.29) is 12.1 Å². The number of nitrogens with zero attached hydrogens (tertiary/aromatic N) is 2. The maximum Gasteiger partial charge on any atom is 0.283 e. The van der Waals surface area contributed by atoms with Gasteiger partial charge in [-0.2, -0.15) is 5.26 Å². The molecule has 1 aromatic rings. The molecule has 0 aromatic heterocycles. The van der Waals surface area contributed by atoms with Crippen molar-refractivity contribution in [2.75, 3.05) is 0 Å². The summed E-state index contributed by atoms with van der Waals surface area (Å²) in [5.41, 5.74) is 6.21. The highest BCUT2D eigenvalue weighted by Crippen LogP contribution is 2.28. The quantitative estimate of drug-likeness (QED) is 0.673. The van der Waals surface area contributed by atoms with Crippen LogP contribution in [0.25, 0.3) is 0 Å². The molecule has 0 aliphatic heterocycles. The van der Waals surface area contributed by atoms with Crippen molar-refractivity contribution in [2.24, 2.45) is 5.73 Å². The number of nitro groups is 1. The van der Waals surface area contributed by atoms with Crippen LogP contribution in [0.1, 0.15) is 18.0 Å². The Bertz CT molecular complexity index is 428. The monoisotopic (exact) mass is 269 g/mol. The van der Waals surface area contributed by atoms with Gasteiger partial charge in [-0.25, -0.2) is 0 Å². The molecule has 0 bridgehead atoms. The van der Waals surface area contributed by atoms with Crippen LogP contribution in [0.3, 0.4) is 0 Å². The number of nitrogens with two attached hydrogens (primary N) is 1. The highest BCUT2D eigenvalue weighted by Gasteiger charge is 2.15. The average molecular weight is 270 g/mol. The second-order valence-corrected chi connectivity index (χ2v) is 3.79. The molecule has 0 radical (unpaired) electrons. The minimum Gasteiger partial charge on any atom is -0.323 e. The number of hydrogen-bond acceptors (Lipinski definition) is 4. The predicted octanol–water partition coefficient (Wildman–Crippen LogP) is 2.27. The first-order valence-electron chi connectivity index (χ1n) is 4.12. The molecule has 5 nitrogen and oxygen atoms in total. The van der Waals surface area contributed by atoms with Gasteiger partial charge in [-0.3, -0.25) is 10.1 Å². The Morgan fingerprint density at radius 2 is 2.33 bits per heavy atom. The molecule has 0 aliphatic rings. The highest BCUT2D eigenvalue weighted by molar-refractivity contribution is 9.10. The molecule has 0 heterocycles. The number of nitriles is 1. The molecule has 0 unspecified atom stereocenters. The van der Waals surface area contributed by atoms with Crippen molar-refractivity contribution in [3.05, 3.63) is 38.3 Å². The van der Waals surface area contributed by atoms with E-state index in [4.69, 9.17) is 11.0 Å². The lowest BCUT2D eigenvalue weighted by molar-refractivity contribution is -0.385. The molecular formula is C9H8BrN3O2. The number of rotatable bonds is 3. The molecule has 0 amide bonds. The van der Waals surface area contributed by atoms with Crippen LogP contribution in [0.15, 0.2) is 22.7 Å². The zero-order valence-corrected chi connectivity index (χ0v) is 9.27. The molecule has 0 saturated heterocycles. The lowest BCUT2D eigenvalue weighted by Crippen LogP contribution is -2.09. The van der Waals surface area contributed by atoms with Gasteiger partial charge in [0.2, 0.25) is 0 Å². The molecule has 1 aromatic carbocycles. The summed E-state index contributed by atoms with van der Waals surface area (Å²) in [7, 11) is 0. The Balaban J connectivity index is 3.08. The largest absolute Gasteiger partial charge is 0.323 e. The van der Waals surface area contributed by atoms with Crippen LogP contribution < -0.4 is 5.73 Å². The fraction of sp³-hybridized carbons (Fsp3) is 0.222. The van der Waals surface area contributed by atoms with E-state index in [9.17, 15) is 10.1 Å². The van der Waals surface area contributed by atoms with E-state index in [2.05, 4.69) is 15.9 Å². The maximum atomic E-state index is 10.6. The highest BCUT2D eigenvalue weighted by atomic mass is 79.9. The minimum absolute atomic E-state index is 0.0408. The Labute approximate surface area is 94.8 Å². The van der Waals surface area contributed by atoms with E-state index in [1.54, 1.807) is 12.1 Å². The number of halogens is 1. The van der Waals surface area contributed by atoms with E-state index in [0.29, 0.717) is 10.0 Å². The molecule has 1 rings (SSSR count).